The number of nitrogens with zero attached hydrogens (tertiary/aromatic N) is 2. The molecule has 0 bridgehead atoms. The van der Waals surface area contributed by atoms with Gasteiger partial charge in [-0.1, -0.05) is 37.6 Å². The molecule has 0 unspecified atom stereocenters. The minimum atomic E-state index is -0.0704. The van der Waals surface area contributed by atoms with Crippen molar-refractivity contribution < 1.29 is 9.90 Å². The van der Waals surface area contributed by atoms with Crippen LogP contribution in [0.1, 0.15) is 29.3 Å². The number of nitrogens with two attached hydrogens (primary N) is 1. The second kappa shape index (κ2) is 6.34. The summed E-state index contributed by atoms with van der Waals surface area (Å²) >= 11 is 0. The molecule has 1 aromatic carbocycles. The molecule has 5 heteroatoms. The lowest BCUT2D eigenvalue weighted by Gasteiger charge is -2.01. The molecule has 20 heavy (non-hydrogen) atoms. The van der Waals surface area contributed by atoms with Gasteiger partial charge in [-0.15, -0.1) is 0 Å². The number of aliphatic hydroxyl groups is 1. The fraction of sp³-hybridized carbons (Fsp3) is 0.333. The van der Waals surface area contributed by atoms with E-state index in [0.29, 0.717) is 23.4 Å². The van der Waals surface area contributed by atoms with Gasteiger partial charge in [-0.3, -0.25) is 4.79 Å². The van der Waals surface area contributed by atoms with Gasteiger partial charge in [0.05, 0.1) is 18.7 Å². The summed E-state index contributed by atoms with van der Waals surface area (Å²) in [5.74, 6) is 0.293. The molecule has 0 amide bonds. The average molecular weight is 273 g/mol. The predicted molar refractivity (Wildman–Crippen MR) is 78.5 cm³/mol. The summed E-state index contributed by atoms with van der Waals surface area (Å²) in [5.41, 5.74) is 8.93. The molecule has 2 rings (SSSR count). The van der Waals surface area contributed by atoms with E-state index in [1.807, 2.05) is 24.3 Å². The molecule has 0 spiro atoms. The first-order chi connectivity index (χ1) is 9.71. The van der Waals surface area contributed by atoms with Crippen molar-refractivity contribution in [1.29, 1.82) is 0 Å². The maximum absolute atomic E-state index is 11.2. The first-order valence-corrected chi connectivity index (χ1v) is 6.72. The summed E-state index contributed by atoms with van der Waals surface area (Å²) in [5, 5.41) is 13.3. The Kier molecular flexibility index (Phi) is 4.53. The van der Waals surface area contributed by atoms with Gasteiger partial charge >= 0.3 is 0 Å². The zero-order valence-corrected chi connectivity index (χ0v) is 11.5. The molecule has 106 valence electrons. The van der Waals surface area contributed by atoms with Gasteiger partial charge in [-0.25, -0.2) is 4.68 Å². The van der Waals surface area contributed by atoms with Crippen LogP contribution in [0.4, 0.5) is 5.82 Å². The Balaban J connectivity index is 2.40. The van der Waals surface area contributed by atoms with E-state index < -0.39 is 0 Å². The third-order valence-corrected chi connectivity index (χ3v) is 3.23. The number of hydrogen-bond acceptors (Lipinski definition) is 4. The Hall–Kier alpha value is -2.14. The minimum Gasteiger partial charge on any atom is -0.394 e. The Morgan fingerprint density at radius 3 is 2.60 bits per heavy atom. The van der Waals surface area contributed by atoms with Crippen molar-refractivity contribution in [2.45, 2.75) is 26.3 Å². The first kappa shape index (κ1) is 14.3. The SMILES string of the molecule is CCCc1ccc(-c2nn(CCO)c(N)c2C=O)cc1. The summed E-state index contributed by atoms with van der Waals surface area (Å²) in [6.07, 6.45) is 2.84. The molecular weight excluding hydrogens is 254 g/mol. The van der Waals surface area contributed by atoms with Crippen LogP contribution in [0.2, 0.25) is 0 Å². The first-order valence-electron chi connectivity index (χ1n) is 6.72. The molecule has 0 atom stereocenters. The number of hydrogen-bond donors (Lipinski definition) is 2. The molecule has 0 saturated carbocycles. The number of benzene rings is 1. The van der Waals surface area contributed by atoms with Gasteiger partial charge in [0.25, 0.3) is 0 Å². The number of nitrogen functional groups attached to an aromatic ring is 1. The van der Waals surface area contributed by atoms with E-state index in [1.54, 1.807) is 0 Å². The fourth-order valence-electron chi connectivity index (χ4n) is 2.20. The summed E-state index contributed by atoms with van der Waals surface area (Å²) in [6.45, 7) is 2.34. The Morgan fingerprint density at radius 1 is 1.35 bits per heavy atom. The highest BCUT2D eigenvalue weighted by molar-refractivity contribution is 5.91. The van der Waals surface area contributed by atoms with E-state index in [1.165, 1.54) is 10.2 Å². The van der Waals surface area contributed by atoms with Crippen molar-refractivity contribution in [3.63, 3.8) is 0 Å². The zero-order valence-electron chi connectivity index (χ0n) is 11.5. The second-order valence-electron chi connectivity index (χ2n) is 4.66. The van der Waals surface area contributed by atoms with Gasteiger partial charge < -0.3 is 10.8 Å². The maximum atomic E-state index is 11.2. The number of aldehydes is 1. The van der Waals surface area contributed by atoms with Crippen LogP contribution in [0.25, 0.3) is 11.3 Å². The highest BCUT2D eigenvalue weighted by Crippen LogP contribution is 2.26. The lowest BCUT2D eigenvalue weighted by Crippen LogP contribution is -2.08. The average Bonchev–Trinajstić information content (AvgIpc) is 2.77. The third kappa shape index (κ3) is 2.72. The Bertz CT molecular complexity index is 588. The number of aryl methyl sites for hydroxylation is 1. The number of aromatic nitrogens is 2. The number of carbonyl (C=O) groups excluding carboxylic acids is 1. The van der Waals surface area contributed by atoms with Crippen LogP contribution in [0.3, 0.4) is 0 Å². The van der Waals surface area contributed by atoms with Gasteiger partial charge in [0.15, 0.2) is 6.29 Å². The smallest absolute Gasteiger partial charge is 0.156 e. The number of rotatable bonds is 6. The second-order valence-corrected chi connectivity index (χ2v) is 4.66. The summed E-state index contributed by atoms with van der Waals surface area (Å²) < 4.78 is 1.46. The quantitative estimate of drug-likeness (QED) is 0.787. The highest BCUT2D eigenvalue weighted by Gasteiger charge is 2.16. The van der Waals surface area contributed by atoms with E-state index in [9.17, 15) is 4.79 Å². The van der Waals surface area contributed by atoms with Crippen molar-refractivity contribution >= 4 is 12.1 Å². The van der Waals surface area contributed by atoms with E-state index in [0.717, 1.165) is 18.4 Å². The van der Waals surface area contributed by atoms with E-state index >= 15 is 0 Å². The predicted octanol–water partition coefficient (Wildman–Crippen LogP) is 1.89. The molecule has 0 saturated heterocycles. The maximum Gasteiger partial charge on any atom is 0.156 e. The van der Waals surface area contributed by atoms with Crippen LogP contribution in [-0.4, -0.2) is 27.8 Å². The van der Waals surface area contributed by atoms with Crippen molar-refractivity contribution in [3.05, 3.63) is 35.4 Å². The van der Waals surface area contributed by atoms with Crippen LogP contribution in [0.5, 0.6) is 0 Å². The molecule has 1 heterocycles. The van der Waals surface area contributed by atoms with Crippen molar-refractivity contribution in [1.82, 2.24) is 9.78 Å². The molecule has 0 aliphatic carbocycles. The molecule has 0 radical (unpaired) electrons. The van der Waals surface area contributed by atoms with Crippen molar-refractivity contribution in [3.8, 4) is 11.3 Å². The number of anilines is 1. The van der Waals surface area contributed by atoms with E-state index in [-0.39, 0.29) is 13.2 Å². The van der Waals surface area contributed by atoms with E-state index in [4.69, 9.17) is 10.8 Å². The van der Waals surface area contributed by atoms with Crippen molar-refractivity contribution in [2.24, 2.45) is 0 Å². The van der Waals surface area contributed by atoms with Gasteiger partial charge in [0.2, 0.25) is 0 Å². The Morgan fingerprint density at radius 2 is 2.05 bits per heavy atom. The summed E-state index contributed by atoms with van der Waals surface area (Å²) in [7, 11) is 0. The lowest BCUT2D eigenvalue weighted by atomic mass is 10.0. The topological polar surface area (TPSA) is 81.1 Å². The van der Waals surface area contributed by atoms with Crippen LogP contribution in [-0.2, 0) is 13.0 Å². The lowest BCUT2D eigenvalue weighted by molar-refractivity contribution is 0.112. The Labute approximate surface area is 118 Å². The van der Waals surface area contributed by atoms with Gasteiger partial charge in [-0.2, -0.15) is 5.10 Å². The van der Waals surface area contributed by atoms with Crippen LogP contribution in [0.15, 0.2) is 24.3 Å². The molecule has 0 aliphatic heterocycles. The molecule has 2 aromatic rings. The normalized spacial score (nSPS) is 10.7. The third-order valence-electron chi connectivity index (χ3n) is 3.23. The standard InChI is InChI=1S/C15H19N3O2/c1-2-3-11-4-6-12(7-5-11)14-13(10-20)15(16)18(17-14)8-9-19/h4-7,10,19H,2-3,8-9,16H2,1H3. The molecule has 0 fully saturated rings. The summed E-state index contributed by atoms with van der Waals surface area (Å²) in [4.78, 5) is 11.2. The molecule has 3 N–H and O–H groups in total. The van der Waals surface area contributed by atoms with E-state index in [2.05, 4.69) is 12.0 Å². The van der Waals surface area contributed by atoms with Crippen molar-refractivity contribution in [2.75, 3.05) is 12.3 Å². The largest absolute Gasteiger partial charge is 0.394 e. The van der Waals surface area contributed by atoms with Gasteiger partial charge in [0.1, 0.15) is 11.5 Å². The van der Waals surface area contributed by atoms with Gasteiger partial charge in [-0.05, 0) is 12.0 Å². The molecule has 0 aliphatic rings. The highest BCUT2D eigenvalue weighted by atomic mass is 16.3. The minimum absolute atomic E-state index is 0.0704. The van der Waals surface area contributed by atoms with Gasteiger partial charge in [0, 0.05) is 5.56 Å². The van der Waals surface area contributed by atoms with Crippen LogP contribution < -0.4 is 5.73 Å². The molecule has 1 aromatic heterocycles. The zero-order chi connectivity index (χ0) is 14.5. The molecule has 5 nitrogen and oxygen atoms in total. The summed E-state index contributed by atoms with van der Waals surface area (Å²) in [6, 6.07) is 7.97. The number of aliphatic hydroxyl groups excluding tert-OH is 1. The number of carbonyl (C=O) groups is 1. The van der Waals surface area contributed by atoms with Crippen LogP contribution >= 0.6 is 0 Å². The van der Waals surface area contributed by atoms with Crippen LogP contribution in [0, 0.1) is 0 Å². The molecular formula is C15H19N3O2. The monoisotopic (exact) mass is 273 g/mol. The fourth-order valence-corrected chi connectivity index (χ4v) is 2.20.